The van der Waals surface area contributed by atoms with Crippen molar-refractivity contribution >= 4 is 5.97 Å². The fourth-order valence-electron chi connectivity index (χ4n) is 4.92. The number of aliphatic hydroxyl groups is 2. The number of aromatic hydroxyl groups is 1. The van der Waals surface area contributed by atoms with Crippen LogP contribution in [0.1, 0.15) is 71.7 Å². The molecule has 0 saturated heterocycles. The van der Waals surface area contributed by atoms with Crippen LogP contribution in [0.4, 0.5) is 0 Å². The lowest BCUT2D eigenvalue weighted by Crippen LogP contribution is -2.22. The number of carboxylic acids is 1. The summed E-state index contributed by atoms with van der Waals surface area (Å²) in [4.78, 5) is 11.0. The van der Waals surface area contributed by atoms with Crippen molar-refractivity contribution in [3.63, 3.8) is 0 Å². The highest BCUT2D eigenvalue weighted by Crippen LogP contribution is 2.23. The Morgan fingerprint density at radius 1 is 0.756 bits per heavy atom. The number of benzene rings is 4. The maximum atomic E-state index is 11.0. The summed E-state index contributed by atoms with van der Waals surface area (Å²) in [5, 5.41) is 41.3. The molecule has 1 unspecified atom stereocenters. The fraction of sp³-hybridized carbons (Fsp3) is 0.342. The molecule has 0 spiro atoms. The summed E-state index contributed by atoms with van der Waals surface area (Å²) in [7, 11) is 0. The van der Waals surface area contributed by atoms with Gasteiger partial charge >= 0.3 is 5.97 Å². The molecule has 4 aromatic rings. The maximum Gasteiger partial charge on any atom is 0.336 e. The number of unbranched alkanes of at least 4 members (excludes halogenated alkanes) is 4. The minimum Gasteiger partial charge on any atom is -0.508 e. The van der Waals surface area contributed by atoms with Crippen LogP contribution in [-0.4, -0.2) is 52.7 Å². The average Bonchev–Trinajstić information content (AvgIpc) is 3.08. The molecule has 0 bridgehead atoms. The van der Waals surface area contributed by atoms with E-state index in [0.717, 1.165) is 69.4 Å². The van der Waals surface area contributed by atoms with Gasteiger partial charge in [0, 0.05) is 25.3 Å². The molecule has 0 aliphatic rings. The second kappa shape index (κ2) is 20.9. The number of carbonyl (C=O) groups is 1. The molecule has 4 aromatic carbocycles. The van der Waals surface area contributed by atoms with Crippen molar-refractivity contribution in [1.82, 2.24) is 5.32 Å². The highest BCUT2D eigenvalue weighted by Gasteiger charge is 2.11. The normalized spacial score (nSPS) is 11.4. The molecule has 0 saturated carbocycles. The number of nitrogens with one attached hydrogen (secondary N) is 1. The second-order valence-electron chi connectivity index (χ2n) is 11.0. The molecule has 5 N–H and O–H groups in total. The zero-order valence-electron chi connectivity index (χ0n) is 26.0. The number of aliphatic hydroxyl groups excluding tert-OH is 2. The molecule has 240 valence electrons. The fourth-order valence-corrected chi connectivity index (χ4v) is 4.92. The number of hydrogen-bond donors (Lipinski definition) is 5. The van der Waals surface area contributed by atoms with Gasteiger partial charge in [-0.1, -0.05) is 97.8 Å². The van der Waals surface area contributed by atoms with Crippen LogP contribution in [0.5, 0.6) is 5.75 Å². The van der Waals surface area contributed by atoms with Gasteiger partial charge < -0.3 is 30.5 Å². The number of aromatic carboxylic acids is 1. The zero-order chi connectivity index (χ0) is 32.1. The summed E-state index contributed by atoms with van der Waals surface area (Å²) < 4.78 is 5.72. The topological polar surface area (TPSA) is 119 Å². The first kappa shape index (κ1) is 35.5. The maximum absolute atomic E-state index is 11.0. The minimum atomic E-state index is -0.894. The average molecular weight is 614 g/mol. The summed E-state index contributed by atoms with van der Waals surface area (Å²) in [5.41, 5.74) is 4.55. The van der Waals surface area contributed by atoms with Crippen LogP contribution in [0.3, 0.4) is 0 Å². The Bertz CT molecular complexity index is 1380. The van der Waals surface area contributed by atoms with Crippen LogP contribution in [0.25, 0.3) is 11.1 Å². The number of aryl methyl sites for hydroxylation is 1. The molecule has 7 heteroatoms. The van der Waals surface area contributed by atoms with Gasteiger partial charge in [-0.2, -0.15) is 0 Å². The zero-order valence-corrected chi connectivity index (χ0v) is 26.0. The molecule has 45 heavy (non-hydrogen) atoms. The van der Waals surface area contributed by atoms with E-state index in [-0.39, 0.29) is 12.4 Å². The van der Waals surface area contributed by atoms with Crippen LogP contribution in [0.2, 0.25) is 0 Å². The van der Waals surface area contributed by atoms with E-state index >= 15 is 0 Å². The highest BCUT2D eigenvalue weighted by molar-refractivity contribution is 5.95. The summed E-state index contributed by atoms with van der Waals surface area (Å²) in [6.07, 6.45) is 7.24. The lowest BCUT2D eigenvalue weighted by Gasteiger charge is -2.14. The van der Waals surface area contributed by atoms with Gasteiger partial charge in [0.15, 0.2) is 0 Å². The monoisotopic (exact) mass is 613 g/mol. The van der Waals surface area contributed by atoms with Crippen LogP contribution < -0.4 is 5.32 Å². The molecular weight excluding hydrogens is 566 g/mol. The number of phenols is 1. The van der Waals surface area contributed by atoms with Crippen LogP contribution in [-0.2, 0) is 17.8 Å². The summed E-state index contributed by atoms with van der Waals surface area (Å²) >= 11 is 0. The largest absolute Gasteiger partial charge is 0.508 e. The van der Waals surface area contributed by atoms with E-state index in [2.05, 4.69) is 35.6 Å². The Hall–Kier alpha value is -4.01. The summed E-state index contributed by atoms with van der Waals surface area (Å²) in [6, 6.07) is 31.9. The molecular formula is C38H47NO6. The molecule has 4 rings (SSSR count). The lowest BCUT2D eigenvalue weighted by atomic mass is 10.00. The van der Waals surface area contributed by atoms with E-state index in [9.17, 15) is 20.1 Å². The van der Waals surface area contributed by atoms with E-state index in [1.807, 2.05) is 42.5 Å². The number of carboxylic acid groups (broad SMARTS) is 1. The van der Waals surface area contributed by atoms with Gasteiger partial charge in [0.25, 0.3) is 0 Å². The van der Waals surface area contributed by atoms with E-state index in [1.54, 1.807) is 24.3 Å². The third kappa shape index (κ3) is 13.3. The Morgan fingerprint density at radius 2 is 1.40 bits per heavy atom. The first-order valence-corrected chi connectivity index (χ1v) is 15.8. The van der Waals surface area contributed by atoms with Crippen molar-refractivity contribution in [3.05, 3.63) is 125 Å². The van der Waals surface area contributed by atoms with Crippen LogP contribution in [0.15, 0.2) is 103 Å². The molecule has 1 atom stereocenters. The smallest absolute Gasteiger partial charge is 0.336 e. The second-order valence-corrected chi connectivity index (χ2v) is 11.0. The standard InChI is InChI=1S/C25H37NO4.C13H10O2/c27-20-23-18-22(13-14-24(23)28)25(29)19-26-15-7-1-2-8-16-30-17-9-6-12-21-10-4-3-5-11-21;14-13(15)12-9-5-4-8-11(12)10-6-2-1-3-7-10/h3-5,10-11,13-14,18,25-29H,1-2,6-9,12,15-17,19-20H2;1-9H,(H,14,15). The lowest BCUT2D eigenvalue weighted by molar-refractivity contribution is 0.0697. The minimum absolute atomic E-state index is 0.0533. The Kier molecular flexibility index (Phi) is 16.4. The van der Waals surface area contributed by atoms with Crippen LogP contribution in [0, 0.1) is 0 Å². The van der Waals surface area contributed by atoms with Crippen LogP contribution >= 0.6 is 0 Å². The van der Waals surface area contributed by atoms with Gasteiger partial charge in [-0.05, 0) is 79.1 Å². The first-order valence-electron chi connectivity index (χ1n) is 15.8. The third-order valence-electron chi connectivity index (χ3n) is 7.48. The third-order valence-corrected chi connectivity index (χ3v) is 7.48. The summed E-state index contributed by atoms with van der Waals surface area (Å²) in [6.45, 7) is 2.77. The van der Waals surface area contributed by atoms with Gasteiger partial charge in [0.05, 0.1) is 18.3 Å². The van der Waals surface area contributed by atoms with E-state index in [4.69, 9.17) is 9.84 Å². The molecule has 0 radical (unpaired) electrons. The predicted octanol–water partition coefficient (Wildman–Crippen LogP) is 7.16. The summed E-state index contributed by atoms with van der Waals surface area (Å²) in [5.74, 6) is -0.841. The number of ether oxygens (including phenoxy) is 1. The van der Waals surface area contributed by atoms with Gasteiger partial charge in [-0.25, -0.2) is 4.79 Å². The Morgan fingerprint density at radius 3 is 2.11 bits per heavy atom. The number of rotatable bonds is 18. The quantitative estimate of drug-likeness (QED) is 0.0756. The molecule has 0 aromatic heterocycles. The molecule has 0 aliphatic carbocycles. The number of hydrogen-bond acceptors (Lipinski definition) is 6. The van der Waals surface area contributed by atoms with Crippen molar-refractivity contribution in [2.24, 2.45) is 0 Å². The first-order chi connectivity index (χ1) is 22.0. The van der Waals surface area contributed by atoms with Crippen molar-refractivity contribution in [2.75, 3.05) is 26.3 Å². The van der Waals surface area contributed by atoms with Crippen molar-refractivity contribution in [1.29, 1.82) is 0 Å². The van der Waals surface area contributed by atoms with E-state index < -0.39 is 12.1 Å². The van der Waals surface area contributed by atoms with E-state index in [1.165, 1.54) is 18.1 Å². The van der Waals surface area contributed by atoms with Gasteiger partial charge in [-0.15, -0.1) is 0 Å². The molecule has 0 fully saturated rings. The van der Waals surface area contributed by atoms with Gasteiger partial charge in [-0.3, -0.25) is 0 Å². The van der Waals surface area contributed by atoms with Crippen molar-refractivity contribution in [2.45, 2.75) is 57.7 Å². The van der Waals surface area contributed by atoms with Crippen molar-refractivity contribution in [3.8, 4) is 16.9 Å². The Balaban J connectivity index is 0.000000305. The molecule has 0 aliphatic heterocycles. The van der Waals surface area contributed by atoms with Crippen molar-refractivity contribution < 1.29 is 30.0 Å². The van der Waals surface area contributed by atoms with Gasteiger partial charge in [0.1, 0.15) is 5.75 Å². The molecule has 0 heterocycles. The molecule has 7 nitrogen and oxygen atoms in total. The van der Waals surface area contributed by atoms with E-state index in [0.29, 0.717) is 23.2 Å². The Labute approximate surface area is 267 Å². The molecule has 0 amide bonds. The van der Waals surface area contributed by atoms with Gasteiger partial charge in [0.2, 0.25) is 0 Å². The predicted molar refractivity (Wildman–Crippen MR) is 179 cm³/mol. The SMILES string of the molecule is O=C(O)c1ccccc1-c1ccccc1.OCc1cc(C(O)CNCCCCCCOCCCCc2ccccc2)ccc1O. The highest BCUT2D eigenvalue weighted by atomic mass is 16.5.